The predicted molar refractivity (Wildman–Crippen MR) is 102 cm³/mol. The predicted octanol–water partition coefficient (Wildman–Crippen LogP) is 4.11. The highest BCUT2D eigenvalue weighted by atomic mass is 16.6. The SMILES string of the molecule is OC1(c2ccccc2)CN(Cc2ccccc2)CC(c2ccccc2)O1. The fraction of sp³-hybridized carbons (Fsp3) is 0.217. The normalized spacial score (nSPS) is 23.7. The third kappa shape index (κ3) is 3.70. The van der Waals surface area contributed by atoms with Crippen LogP contribution in [0.5, 0.6) is 0 Å². The summed E-state index contributed by atoms with van der Waals surface area (Å²) < 4.78 is 6.23. The molecule has 3 nitrogen and oxygen atoms in total. The van der Waals surface area contributed by atoms with Crippen LogP contribution in [0.15, 0.2) is 91.0 Å². The van der Waals surface area contributed by atoms with Gasteiger partial charge in [0.15, 0.2) is 0 Å². The lowest BCUT2D eigenvalue weighted by Crippen LogP contribution is -2.50. The van der Waals surface area contributed by atoms with Crippen molar-refractivity contribution in [2.75, 3.05) is 13.1 Å². The van der Waals surface area contributed by atoms with Gasteiger partial charge in [0.1, 0.15) is 0 Å². The molecule has 0 radical (unpaired) electrons. The van der Waals surface area contributed by atoms with Gasteiger partial charge in [0, 0.05) is 18.7 Å². The third-order valence-corrected chi connectivity index (χ3v) is 4.84. The van der Waals surface area contributed by atoms with E-state index in [1.165, 1.54) is 5.56 Å². The molecule has 1 fully saturated rings. The Labute approximate surface area is 154 Å². The summed E-state index contributed by atoms with van der Waals surface area (Å²) in [6.07, 6.45) is -0.182. The minimum atomic E-state index is -1.32. The Morgan fingerprint density at radius 1 is 0.846 bits per heavy atom. The Kier molecular flexibility index (Phi) is 4.85. The molecule has 1 N–H and O–H groups in total. The van der Waals surface area contributed by atoms with Crippen LogP contribution in [-0.4, -0.2) is 23.1 Å². The van der Waals surface area contributed by atoms with Crippen molar-refractivity contribution < 1.29 is 9.84 Å². The number of morpholine rings is 1. The average molecular weight is 345 g/mol. The maximum Gasteiger partial charge on any atom is 0.206 e. The Hall–Kier alpha value is -2.46. The first-order chi connectivity index (χ1) is 12.7. The van der Waals surface area contributed by atoms with Crippen LogP contribution in [0.2, 0.25) is 0 Å². The summed E-state index contributed by atoms with van der Waals surface area (Å²) in [6.45, 7) is 1.96. The van der Waals surface area contributed by atoms with Gasteiger partial charge in [-0.1, -0.05) is 91.0 Å². The van der Waals surface area contributed by atoms with Crippen LogP contribution in [0.3, 0.4) is 0 Å². The largest absolute Gasteiger partial charge is 0.361 e. The van der Waals surface area contributed by atoms with Crippen LogP contribution < -0.4 is 0 Å². The molecule has 0 aromatic heterocycles. The highest BCUT2D eigenvalue weighted by molar-refractivity contribution is 5.24. The van der Waals surface area contributed by atoms with Crippen molar-refractivity contribution in [1.82, 2.24) is 4.90 Å². The minimum absolute atomic E-state index is 0.182. The molecule has 2 unspecified atom stereocenters. The van der Waals surface area contributed by atoms with E-state index in [0.29, 0.717) is 6.54 Å². The average Bonchev–Trinajstić information content (AvgIpc) is 2.70. The Morgan fingerprint density at radius 2 is 1.42 bits per heavy atom. The highest BCUT2D eigenvalue weighted by Gasteiger charge is 2.41. The van der Waals surface area contributed by atoms with E-state index in [2.05, 4.69) is 29.2 Å². The molecule has 3 heteroatoms. The van der Waals surface area contributed by atoms with Crippen molar-refractivity contribution >= 4 is 0 Å². The van der Waals surface area contributed by atoms with Gasteiger partial charge in [-0.05, 0) is 11.1 Å². The number of β-amino-alcohol motifs (C(OH)–C–C–N with tert-alkyl or cyclic N) is 1. The van der Waals surface area contributed by atoms with E-state index in [9.17, 15) is 5.11 Å². The van der Waals surface area contributed by atoms with Crippen LogP contribution in [0.1, 0.15) is 22.8 Å². The summed E-state index contributed by atoms with van der Waals surface area (Å²) in [6, 6.07) is 30.2. The number of nitrogens with zero attached hydrogens (tertiary/aromatic N) is 1. The fourth-order valence-corrected chi connectivity index (χ4v) is 3.57. The summed E-state index contributed by atoms with van der Waals surface area (Å²) in [7, 11) is 0. The maximum absolute atomic E-state index is 11.4. The molecule has 0 aliphatic carbocycles. The summed E-state index contributed by atoms with van der Waals surface area (Å²) in [5.41, 5.74) is 3.11. The van der Waals surface area contributed by atoms with E-state index >= 15 is 0 Å². The summed E-state index contributed by atoms with van der Waals surface area (Å²) in [5.74, 6) is -1.32. The number of rotatable bonds is 4. The van der Waals surface area contributed by atoms with Gasteiger partial charge in [-0.25, -0.2) is 0 Å². The Morgan fingerprint density at radius 3 is 2.08 bits per heavy atom. The van der Waals surface area contributed by atoms with Crippen LogP contribution in [0.4, 0.5) is 0 Å². The van der Waals surface area contributed by atoms with Crippen LogP contribution in [0.25, 0.3) is 0 Å². The summed E-state index contributed by atoms with van der Waals surface area (Å²) in [5, 5.41) is 11.4. The maximum atomic E-state index is 11.4. The molecule has 1 aliphatic rings. The van der Waals surface area contributed by atoms with Crippen molar-refractivity contribution in [1.29, 1.82) is 0 Å². The van der Waals surface area contributed by atoms with E-state index in [4.69, 9.17) is 4.74 Å². The molecule has 2 atom stereocenters. The van der Waals surface area contributed by atoms with Gasteiger partial charge in [0.05, 0.1) is 12.6 Å². The molecule has 26 heavy (non-hydrogen) atoms. The molecule has 4 rings (SSSR count). The molecular formula is C23H23NO2. The van der Waals surface area contributed by atoms with Gasteiger partial charge < -0.3 is 9.84 Å². The standard InChI is InChI=1S/C23H23NO2/c25-23(21-14-8-3-9-15-21)18-24(16-19-10-4-1-5-11-19)17-22(26-23)20-12-6-2-7-13-20/h1-15,22,25H,16-18H2. The van der Waals surface area contributed by atoms with Gasteiger partial charge >= 0.3 is 0 Å². The fourth-order valence-electron chi connectivity index (χ4n) is 3.57. The smallest absolute Gasteiger partial charge is 0.206 e. The van der Waals surface area contributed by atoms with Crippen LogP contribution >= 0.6 is 0 Å². The van der Waals surface area contributed by atoms with E-state index < -0.39 is 5.79 Å². The quantitative estimate of drug-likeness (QED) is 0.772. The first-order valence-electron chi connectivity index (χ1n) is 9.00. The van der Waals surface area contributed by atoms with E-state index in [1.54, 1.807) is 0 Å². The molecule has 0 bridgehead atoms. The second kappa shape index (κ2) is 7.42. The Bertz CT molecular complexity index is 823. The first-order valence-corrected chi connectivity index (χ1v) is 9.00. The topological polar surface area (TPSA) is 32.7 Å². The number of ether oxygens (including phenoxy) is 1. The number of benzene rings is 3. The molecule has 132 valence electrons. The monoisotopic (exact) mass is 345 g/mol. The molecule has 1 heterocycles. The third-order valence-electron chi connectivity index (χ3n) is 4.84. The molecular weight excluding hydrogens is 322 g/mol. The van der Waals surface area contributed by atoms with Crippen molar-refractivity contribution in [2.24, 2.45) is 0 Å². The summed E-state index contributed by atoms with van der Waals surface area (Å²) >= 11 is 0. The first kappa shape index (κ1) is 17.0. The number of hydrogen-bond donors (Lipinski definition) is 1. The van der Waals surface area contributed by atoms with Gasteiger partial charge in [-0.3, -0.25) is 4.90 Å². The lowest BCUT2D eigenvalue weighted by molar-refractivity contribution is -0.280. The van der Waals surface area contributed by atoms with Crippen molar-refractivity contribution in [3.8, 4) is 0 Å². The zero-order valence-corrected chi connectivity index (χ0v) is 14.7. The number of aliphatic hydroxyl groups is 1. The Balaban J connectivity index is 1.64. The van der Waals surface area contributed by atoms with Gasteiger partial charge in [-0.15, -0.1) is 0 Å². The molecule has 0 saturated carbocycles. The zero-order chi connectivity index (χ0) is 17.8. The van der Waals surface area contributed by atoms with Gasteiger partial charge in [0.25, 0.3) is 0 Å². The van der Waals surface area contributed by atoms with Crippen molar-refractivity contribution in [2.45, 2.75) is 18.4 Å². The van der Waals surface area contributed by atoms with Gasteiger partial charge in [0.2, 0.25) is 5.79 Å². The second-order valence-corrected chi connectivity index (χ2v) is 6.82. The number of hydrogen-bond acceptors (Lipinski definition) is 3. The molecule has 0 spiro atoms. The molecule has 1 aliphatic heterocycles. The molecule has 3 aromatic rings. The lowest BCUT2D eigenvalue weighted by Gasteiger charge is -2.43. The lowest BCUT2D eigenvalue weighted by atomic mass is 9.99. The zero-order valence-electron chi connectivity index (χ0n) is 14.7. The van der Waals surface area contributed by atoms with E-state index in [-0.39, 0.29) is 6.10 Å². The van der Waals surface area contributed by atoms with Crippen LogP contribution in [-0.2, 0) is 17.1 Å². The van der Waals surface area contributed by atoms with Crippen LogP contribution in [0, 0.1) is 0 Å². The molecule has 0 amide bonds. The van der Waals surface area contributed by atoms with Crippen molar-refractivity contribution in [3.05, 3.63) is 108 Å². The van der Waals surface area contributed by atoms with Crippen molar-refractivity contribution in [3.63, 3.8) is 0 Å². The molecule has 3 aromatic carbocycles. The van der Waals surface area contributed by atoms with E-state index in [1.807, 2.05) is 66.7 Å². The van der Waals surface area contributed by atoms with Gasteiger partial charge in [-0.2, -0.15) is 0 Å². The highest BCUT2D eigenvalue weighted by Crippen LogP contribution is 2.36. The second-order valence-electron chi connectivity index (χ2n) is 6.82. The van der Waals surface area contributed by atoms with E-state index in [0.717, 1.165) is 24.2 Å². The summed E-state index contributed by atoms with van der Waals surface area (Å²) in [4.78, 5) is 2.27. The minimum Gasteiger partial charge on any atom is -0.361 e. The molecule has 1 saturated heterocycles.